The highest BCUT2D eigenvalue weighted by Gasteiger charge is 2.30. The standard InChI is InChI=1S/C63H63N13O5S2/c1-10-39-26-44(34(5)24-53(39)77)59-67-72(31-36(7)70-23-22-43-48(70)16-14-17-50(43)75-58(65-66-61(75)81)47-28-41(12-3)55(79)30-56(47)80)63(83)74(59)42-20-21-49-46(29-42)37(8)38(9)71(49)33-73-60(45-27-40(11-2)54(78)25-35(45)6)76(62(82)68-73)52-19-15-18-51-57(52)64-32-69(51)13-4/h14-30,32,36H,10-13,31,33H2,1-9H3,(H5,65,66,67,68,77,79,80,81,82)/p+1. The maximum atomic E-state index is 13.6. The van der Waals surface area contributed by atoms with Crippen molar-refractivity contribution in [2.75, 3.05) is 0 Å². The van der Waals surface area contributed by atoms with E-state index in [2.05, 4.69) is 96.3 Å². The van der Waals surface area contributed by atoms with Gasteiger partial charge in [0.05, 0.1) is 58.0 Å². The molecule has 0 aliphatic carbocycles. The number of nitrogens with zero attached hydrogens (tertiary/aromatic N) is 11. The molecule has 422 valence electrons. The van der Waals surface area contributed by atoms with Crippen molar-refractivity contribution in [2.24, 2.45) is 0 Å². The molecule has 18 nitrogen and oxygen atoms in total. The molecular formula is C63H64N13O5S2+. The summed E-state index contributed by atoms with van der Waals surface area (Å²) in [6.07, 6.45) is 5.61. The number of para-hydroxylation sites is 1. The number of aromatic nitrogens is 13. The molecule has 6 heterocycles. The van der Waals surface area contributed by atoms with Gasteiger partial charge in [0.25, 0.3) is 5.82 Å². The molecule has 0 bridgehead atoms. The Hall–Kier alpha value is -9.27. The van der Waals surface area contributed by atoms with E-state index < -0.39 is 5.69 Å². The molecule has 0 saturated heterocycles. The summed E-state index contributed by atoms with van der Waals surface area (Å²) in [5.74, 6) is 1.89. The van der Waals surface area contributed by atoms with Crippen LogP contribution < -0.4 is 10.3 Å². The number of rotatable bonds is 15. The van der Waals surface area contributed by atoms with Crippen molar-refractivity contribution < 1.29 is 25.0 Å². The van der Waals surface area contributed by atoms with Crippen LogP contribution in [0.5, 0.6) is 23.0 Å². The average molecular weight is 1150 g/mol. The summed E-state index contributed by atoms with van der Waals surface area (Å²) in [4.78, 5) is 18.5. The Balaban J connectivity index is 0.958. The quantitative estimate of drug-likeness (QED) is 0.0423. The van der Waals surface area contributed by atoms with Crippen molar-refractivity contribution in [3.63, 3.8) is 0 Å². The van der Waals surface area contributed by atoms with E-state index in [4.69, 9.17) is 34.5 Å². The second-order valence-corrected chi connectivity index (χ2v) is 22.2. The van der Waals surface area contributed by atoms with E-state index in [0.29, 0.717) is 64.7 Å². The Bertz CT molecular complexity index is 4790. The number of H-pyrrole nitrogens is 2. The Kier molecular flexibility index (Phi) is 13.7. The number of nitrogens with one attached hydrogen (secondary N) is 2. The molecule has 83 heavy (non-hydrogen) atoms. The van der Waals surface area contributed by atoms with E-state index in [1.165, 1.54) is 10.6 Å². The minimum absolute atomic E-state index is 0.0351. The van der Waals surface area contributed by atoms with Crippen LogP contribution in [0.2, 0.25) is 0 Å². The van der Waals surface area contributed by atoms with Crippen molar-refractivity contribution in [2.45, 2.75) is 107 Å². The van der Waals surface area contributed by atoms with E-state index in [9.17, 15) is 25.2 Å². The Morgan fingerprint density at radius 3 is 2.06 bits per heavy atom. The zero-order valence-electron chi connectivity index (χ0n) is 47.6. The second kappa shape index (κ2) is 20.9. The molecule has 1 unspecified atom stereocenters. The number of fused-ring (bicyclic) bond motifs is 3. The number of imidazole rings is 1. The van der Waals surface area contributed by atoms with Gasteiger partial charge in [0.2, 0.25) is 4.77 Å². The Morgan fingerprint density at radius 2 is 1.35 bits per heavy atom. The number of aryl methyl sites for hydroxylation is 7. The third-order valence-electron chi connectivity index (χ3n) is 16.6. The molecule has 6 aromatic carbocycles. The molecule has 1 atom stereocenters. The number of hydrogen-bond donors (Lipinski definition) is 6. The zero-order chi connectivity index (χ0) is 58.4. The minimum atomic E-state index is -0.483. The monoisotopic (exact) mass is 1150 g/mol. The van der Waals surface area contributed by atoms with Gasteiger partial charge in [0, 0.05) is 40.8 Å². The largest absolute Gasteiger partial charge is 0.508 e. The highest BCUT2D eigenvalue weighted by Crippen LogP contribution is 2.39. The number of phenolic OH excluding ortho intramolecular Hbond substituents is 4. The molecule has 0 radical (unpaired) electrons. The van der Waals surface area contributed by atoms with Crippen LogP contribution in [0.3, 0.4) is 0 Å². The minimum Gasteiger partial charge on any atom is -0.508 e. The topological polar surface area (TPSA) is 207 Å². The Morgan fingerprint density at radius 1 is 0.687 bits per heavy atom. The van der Waals surface area contributed by atoms with Crippen molar-refractivity contribution in [3.8, 4) is 74.2 Å². The van der Waals surface area contributed by atoms with Crippen LogP contribution in [0.15, 0.2) is 114 Å². The van der Waals surface area contributed by atoms with E-state index >= 15 is 0 Å². The fourth-order valence-electron chi connectivity index (χ4n) is 12.0. The summed E-state index contributed by atoms with van der Waals surface area (Å²) in [6, 6.07) is 30.6. The summed E-state index contributed by atoms with van der Waals surface area (Å²) in [5, 5.41) is 61.2. The van der Waals surface area contributed by atoms with Gasteiger partial charge in [-0.1, -0.05) is 32.9 Å². The van der Waals surface area contributed by atoms with Gasteiger partial charge >= 0.3 is 10.5 Å². The molecular weight excluding hydrogens is 1080 g/mol. The molecule has 12 aromatic rings. The van der Waals surface area contributed by atoms with Crippen LogP contribution in [-0.4, -0.2) is 78.0 Å². The second-order valence-electron chi connectivity index (χ2n) is 21.4. The molecule has 0 amide bonds. The van der Waals surface area contributed by atoms with Gasteiger partial charge < -0.3 is 34.1 Å². The first kappa shape index (κ1) is 54.3. The van der Waals surface area contributed by atoms with Crippen LogP contribution in [0, 0.1) is 37.2 Å². The van der Waals surface area contributed by atoms with Gasteiger partial charge in [0.1, 0.15) is 34.2 Å². The summed E-state index contributed by atoms with van der Waals surface area (Å²) in [7, 11) is 0. The molecule has 0 saturated carbocycles. The number of hydrogen-bond acceptors (Lipinski definition) is 10. The summed E-state index contributed by atoms with van der Waals surface area (Å²) >= 11 is 12.7. The third kappa shape index (κ3) is 8.85. The summed E-state index contributed by atoms with van der Waals surface area (Å²) in [6.45, 7) is 19.9. The number of aromatic amines is 2. The van der Waals surface area contributed by atoms with Crippen molar-refractivity contribution >= 4 is 57.3 Å². The maximum Gasteiger partial charge on any atom is 0.348 e. The normalized spacial score (nSPS) is 12.3. The molecule has 0 aliphatic heterocycles. The lowest BCUT2D eigenvalue weighted by molar-refractivity contribution is -0.590. The molecule has 12 rings (SSSR count). The fourth-order valence-corrected chi connectivity index (χ4v) is 12.6. The Labute approximate surface area is 487 Å². The molecule has 0 aliphatic rings. The molecule has 20 heteroatoms. The smallest absolute Gasteiger partial charge is 0.348 e. The first-order chi connectivity index (χ1) is 39.9. The van der Waals surface area contributed by atoms with Crippen molar-refractivity contribution in [1.29, 1.82) is 0 Å². The molecule has 0 fully saturated rings. The summed E-state index contributed by atoms with van der Waals surface area (Å²) < 4.78 is 17.0. The van der Waals surface area contributed by atoms with E-state index in [1.807, 2.05) is 105 Å². The zero-order valence-corrected chi connectivity index (χ0v) is 49.3. The van der Waals surface area contributed by atoms with Gasteiger partial charge in [0.15, 0.2) is 18.3 Å². The number of phenols is 4. The lowest BCUT2D eigenvalue weighted by Gasteiger charge is -2.16. The highest BCUT2D eigenvalue weighted by molar-refractivity contribution is 7.71. The SMILES string of the molecule is CCc1cc(-c2nn(CC(C)n3ccc4c(-n5c(-c6cc(CC)c(O)cc6O)n[nH]c5=O)cccc43)c(=S)n2-c2ccc3c(c2)c(C)c(C)n3Cn2[nH]c(=S)[n+](-c3cccc4c3ncn4CC)c2-c2cc(CC)c(O)cc2C)c(C)cc1O. The van der Waals surface area contributed by atoms with Crippen LogP contribution in [-0.2, 0) is 39.0 Å². The average Bonchev–Trinajstić information content (AvgIpc) is 4.54. The lowest BCUT2D eigenvalue weighted by atomic mass is 10.0. The van der Waals surface area contributed by atoms with Gasteiger partial charge in [-0.25, -0.2) is 24.1 Å². The van der Waals surface area contributed by atoms with Crippen LogP contribution >= 0.6 is 24.4 Å². The van der Waals surface area contributed by atoms with Crippen LogP contribution in [0.25, 0.3) is 84.1 Å². The molecule has 6 N–H and O–H groups in total. The van der Waals surface area contributed by atoms with E-state index in [0.717, 1.165) is 101 Å². The lowest BCUT2D eigenvalue weighted by Crippen LogP contribution is -2.34. The third-order valence-corrected chi connectivity index (χ3v) is 17.3. The summed E-state index contributed by atoms with van der Waals surface area (Å²) in [5.41, 5.74) is 13.6. The van der Waals surface area contributed by atoms with Gasteiger partial charge in [-0.05, 0) is 197 Å². The fraction of sp³-hybridized carbons (Fsp3) is 0.254. The predicted octanol–water partition coefficient (Wildman–Crippen LogP) is 12.2. The molecule has 0 spiro atoms. The first-order valence-electron chi connectivity index (χ1n) is 27.9. The predicted molar refractivity (Wildman–Crippen MR) is 328 cm³/mol. The number of aromatic hydroxyl groups is 4. The van der Waals surface area contributed by atoms with E-state index in [-0.39, 0.29) is 34.9 Å². The van der Waals surface area contributed by atoms with Gasteiger partial charge in [-0.3, -0.25) is 4.57 Å². The van der Waals surface area contributed by atoms with Crippen molar-refractivity contribution in [1.82, 2.24) is 57.6 Å². The van der Waals surface area contributed by atoms with Crippen LogP contribution in [0.1, 0.15) is 79.7 Å². The van der Waals surface area contributed by atoms with Gasteiger partial charge in [-0.2, -0.15) is 14.8 Å². The van der Waals surface area contributed by atoms with Crippen LogP contribution in [0.4, 0.5) is 0 Å². The number of benzene rings is 6. The highest BCUT2D eigenvalue weighted by atomic mass is 32.1. The maximum absolute atomic E-state index is 13.6. The van der Waals surface area contributed by atoms with Crippen molar-refractivity contribution in [3.05, 3.63) is 169 Å². The first-order valence-corrected chi connectivity index (χ1v) is 28.7. The molecule has 6 aromatic heterocycles. The van der Waals surface area contributed by atoms with E-state index in [1.54, 1.807) is 12.1 Å². The van der Waals surface area contributed by atoms with Gasteiger partial charge in [-0.15, -0.1) is 9.78 Å².